The molecule has 9 nitrogen and oxygen atoms in total. The van der Waals surface area contributed by atoms with Crippen LogP contribution in [-0.4, -0.2) is 36.7 Å². The number of anilines is 1. The minimum atomic E-state index is -3.17. The number of carbonyl (C=O) groups is 2. The van der Waals surface area contributed by atoms with Crippen molar-refractivity contribution in [3.05, 3.63) is 28.3 Å². The van der Waals surface area contributed by atoms with Gasteiger partial charge in [-0.1, -0.05) is 6.42 Å². The number of carbonyl (C=O) groups excluding carboxylic acids is 2. The Balaban J connectivity index is 2.12. The van der Waals surface area contributed by atoms with Crippen LogP contribution in [0.3, 0.4) is 0 Å². The normalized spacial score (nSPS) is 19.1. The van der Waals surface area contributed by atoms with E-state index in [9.17, 15) is 28.5 Å². The SMILES string of the molecule is COC(=O)[C@H]1CCC[C@H]1NC(=O)Nc1cc([N+](=O)[O-])ccc1OC(F)F. The summed E-state index contributed by atoms with van der Waals surface area (Å²) in [7, 11) is 1.24. The van der Waals surface area contributed by atoms with Crippen molar-refractivity contribution in [3.63, 3.8) is 0 Å². The van der Waals surface area contributed by atoms with Crippen molar-refractivity contribution in [3.8, 4) is 5.75 Å². The molecular formula is C15H17F2N3O6. The van der Waals surface area contributed by atoms with Crippen LogP contribution < -0.4 is 15.4 Å². The van der Waals surface area contributed by atoms with Gasteiger partial charge in [-0.25, -0.2) is 4.79 Å². The summed E-state index contributed by atoms with van der Waals surface area (Å²) >= 11 is 0. The number of esters is 1. The van der Waals surface area contributed by atoms with E-state index in [1.165, 1.54) is 7.11 Å². The number of halogens is 2. The molecular weight excluding hydrogens is 356 g/mol. The highest BCUT2D eigenvalue weighted by Gasteiger charge is 2.35. The number of benzene rings is 1. The van der Waals surface area contributed by atoms with Crippen molar-refractivity contribution in [1.29, 1.82) is 0 Å². The summed E-state index contributed by atoms with van der Waals surface area (Å²) in [6.45, 7) is -3.17. The number of alkyl halides is 2. The van der Waals surface area contributed by atoms with Gasteiger partial charge in [0.2, 0.25) is 0 Å². The third-order valence-electron chi connectivity index (χ3n) is 3.97. The molecule has 0 aromatic heterocycles. The van der Waals surface area contributed by atoms with Gasteiger partial charge in [-0.15, -0.1) is 0 Å². The minimum Gasteiger partial charge on any atom is -0.469 e. The summed E-state index contributed by atoms with van der Waals surface area (Å²) in [6.07, 6.45) is 1.80. The van der Waals surface area contributed by atoms with Crippen molar-refractivity contribution in [1.82, 2.24) is 5.32 Å². The molecule has 1 aliphatic carbocycles. The van der Waals surface area contributed by atoms with Crippen molar-refractivity contribution in [2.24, 2.45) is 5.92 Å². The molecule has 0 radical (unpaired) electrons. The summed E-state index contributed by atoms with van der Waals surface area (Å²) in [5, 5.41) is 15.6. The van der Waals surface area contributed by atoms with Crippen LogP contribution >= 0.6 is 0 Å². The zero-order valence-electron chi connectivity index (χ0n) is 13.7. The van der Waals surface area contributed by atoms with E-state index < -0.39 is 46.9 Å². The average molecular weight is 373 g/mol. The van der Waals surface area contributed by atoms with Crippen LogP contribution in [0.4, 0.5) is 25.0 Å². The van der Waals surface area contributed by atoms with Crippen LogP contribution in [0.15, 0.2) is 18.2 Å². The Kier molecular flexibility index (Phi) is 6.26. The number of hydrogen-bond acceptors (Lipinski definition) is 6. The van der Waals surface area contributed by atoms with Crippen molar-refractivity contribution in [2.75, 3.05) is 12.4 Å². The highest BCUT2D eigenvalue weighted by molar-refractivity contribution is 5.92. The van der Waals surface area contributed by atoms with Gasteiger partial charge in [0.1, 0.15) is 5.75 Å². The molecule has 1 aromatic carbocycles. The van der Waals surface area contributed by atoms with Crippen LogP contribution in [0.5, 0.6) is 5.75 Å². The van der Waals surface area contributed by atoms with Crippen molar-refractivity contribution < 1.29 is 32.8 Å². The Morgan fingerprint density at radius 1 is 1.35 bits per heavy atom. The fraction of sp³-hybridized carbons (Fsp3) is 0.467. The number of nitrogens with one attached hydrogen (secondary N) is 2. The van der Waals surface area contributed by atoms with Crippen LogP contribution in [0.25, 0.3) is 0 Å². The smallest absolute Gasteiger partial charge is 0.387 e. The molecule has 0 saturated heterocycles. The Morgan fingerprint density at radius 3 is 2.69 bits per heavy atom. The first-order valence-corrected chi connectivity index (χ1v) is 7.70. The summed E-state index contributed by atoms with van der Waals surface area (Å²) < 4.78 is 33.9. The van der Waals surface area contributed by atoms with E-state index in [2.05, 4.69) is 20.1 Å². The monoisotopic (exact) mass is 373 g/mol. The molecule has 1 aliphatic rings. The molecule has 0 heterocycles. The second-order valence-corrected chi connectivity index (χ2v) is 5.58. The first-order chi connectivity index (χ1) is 12.3. The number of nitro benzene ring substituents is 1. The number of methoxy groups -OCH3 is 1. The molecule has 11 heteroatoms. The molecule has 1 saturated carbocycles. The predicted molar refractivity (Wildman–Crippen MR) is 85.0 cm³/mol. The number of urea groups is 1. The summed E-state index contributed by atoms with van der Waals surface area (Å²) in [4.78, 5) is 33.9. The van der Waals surface area contributed by atoms with Gasteiger partial charge in [-0.3, -0.25) is 14.9 Å². The second kappa shape index (κ2) is 8.41. The predicted octanol–water partition coefficient (Wildman–Crippen LogP) is 2.66. The molecule has 2 rings (SSSR count). The van der Waals surface area contributed by atoms with Gasteiger partial charge in [0.25, 0.3) is 5.69 Å². The summed E-state index contributed by atoms with van der Waals surface area (Å²) in [5.74, 6) is -1.38. The molecule has 1 aromatic rings. The third-order valence-corrected chi connectivity index (χ3v) is 3.97. The van der Waals surface area contributed by atoms with Crippen molar-refractivity contribution in [2.45, 2.75) is 31.9 Å². The van der Waals surface area contributed by atoms with E-state index in [0.29, 0.717) is 19.3 Å². The van der Waals surface area contributed by atoms with Gasteiger partial charge in [0.05, 0.1) is 23.6 Å². The molecule has 0 aliphatic heterocycles. The highest BCUT2D eigenvalue weighted by atomic mass is 19.3. The number of non-ortho nitro benzene ring substituents is 1. The quantitative estimate of drug-likeness (QED) is 0.449. The Bertz CT molecular complexity index is 700. The number of ether oxygens (including phenoxy) is 2. The van der Waals surface area contributed by atoms with E-state index in [4.69, 9.17) is 0 Å². The largest absolute Gasteiger partial charge is 0.469 e. The van der Waals surface area contributed by atoms with Crippen LogP contribution in [0.2, 0.25) is 0 Å². The van der Waals surface area contributed by atoms with E-state index in [1.807, 2.05) is 0 Å². The topological polar surface area (TPSA) is 120 Å². The fourth-order valence-electron chi connectivity index (χ4n) is 2.82. The highest BCUT2D eigenvalue weighted by Crippen LogP contribution is 2.31. The number of nitrogens with zero attached hydrogens (tertiary/aromatic N) is 1. The molecule has 26 heavy (non-hydrogen) atoms. The third kappa shape index (κ3) is 4.77. The zero-order chi connectivity index (χ0) is 19.3. The minimum absolute atomic E-state index is 0.287. The fourth-order valence-corrected chi connectivity index (χ4v) is 2.82. The molecule has 2 N–H and O–H groups in total. The lowest BCUT2D eigenvalue weighted by Crippen LogP contribution is -2.42. The molecule has 142 valence electrons. The number of nitro groups is 1. The van der Waals surface area contributed by atoms with Gasteiger partial charge in [0, 0.05) is 18.2 Å². The maximum atomic E-state index is 12.5. The van der Waals surface area contributed by atoms with Crippen molar-refractivity contribution >= 4 is 23.4 Å². The Labute approximate surface area is 146 Å². The van der Waals surface area contributed by atoms with E-state index in [-0.39, 0.29) is 5.69 Å². The maximum absolute atomic E-state index is 12.5. The molecule has 2 amide bonds. The first kappa shape index (κ1) is 19.3. The van der Waals surface area contributed by atoms with Crippen LogP contribution in [0, 0.1) is 16.0 Å². The van der Waals surface area contributed by atoms with Gasteiger partial charge >= 0.3 is 18.6 Å². The van der Waals surface area contributed by atoms with Gasteiger partial charge in [0.15, 0.2) is 0 Å². The van der Waals surface area contributed by atoms with Gasteiger partial charge in [-0.05, 0) is 18.9 Å². The van der Waals surface area contributed by atoms with Gasteiger partial charge < -0.3 is 20.1 Å². The molecule has 0 bridgehead atoms. The lowest BCUT2D eigenvalue weighted by Gasteiger charge is -2.20. The summed E-state index contributed by atoms with van der Waals surface area (Å²) in [6, 6.07) is 1.56. The van der Waals surface area contributed by atoms with Crippen LogP contribution in [-0.2, 0) is 9.53 Å². The standard InChI is InChI=1S/C15H17F2N3O6/c1-25-13(21)9-3-2-4-10(9)18-15(22)19-11-7-8(20(23)24)5-6-12(11)26-14(16)17/h5-7,9-10,14H,2-4H2,1H3,(H2,18,19,22)/t9-,10+/m0/s1. The average Bonchev–Trinajstić information content (AvgIpc) is 3.03. The van der Waals surface area contributed by atoms with E-state index >= 15 is 0 Å². The zero-order valence-corrected chi connectivity index (χ0v) is 13.7. The number of hydrogen-bond donors (Lipinski definition) is 2. The second-order valence-electron chi connectivity index (χ2n) is 5.58. The number of amides is 2. The lowest BCUT2D eigenvalue weighted by molar-refractivity contribution is -0.384. The molecule has 2 atom stereocenters. The van der Waals surface area contributed by atoms with Gasteiger partial charge in [-0.2, -0.15) is 8.78 Å². The lowest BCUT2D eigenvalue weighted by atomic mass is 10.0. The Morgan fingerprint density at radius 2 is 2.08 bits per heavy atom. The molecule has 0 spiro atoms. The first-order valence-electron chi connectivity index (χ1n) is 7.70. The summed E-state index contributed by atoms with van der Waals surface area (Å²) in [5.41, 5.74) is -0.695. The van der Waals surface area contributed by atoms with E-state index in [0.717, 1.165) is 18.2 Å². The molecule has 1 fully saturated rings. The maximum Gasteiger partial charge on any atom is 0.387 e. The molecule has 0 unspecified atom stereocenters. The number of rotatable bonds is 6. The van der Waals surface area contributed by atoms with E-state index in [1.54, 1.807) is 0 Å². The van der Waals surface area contributed by atoms with Crippen LogP contribution in [0.1, 0.15) is 19.3 Å². The Hall–Kier alpha value is -2.98.